The van der Waals surface area contributed by atoms with Crippen molar-refractivity contribution in [3.8, 4) is 11.5 Å². The summed E-state index contributed by atoms with van der Waals surface area (Å²) in [6.07, 6.45) is 1.57. The highest BCUT2D eigenvalue weighted by Crippen LogP contribution is 2.17. The van der Waals surface area contributed by atoms with Gasteiger partial charge in [0, 0.05) is 0 Å². The van der Waals surface area contributed by atoms with E-state index < -0.39 is 5.97 Å². The smallest absolute Gasteiger partial charge is 0.365 e. The number of nitrogens with zero attached hydrogens (tertiary/aromatic N) is 3. The first-order valence-corrected chi connectivity index (χ1v) is 7.05. The Labute approximate surface area is 133 Å². The molecule has 0 spiro atoms. The molecular formula is C17H15N3O3. The zero-order valence-corrected chi connectivity index (χ0v) is 12.5. The Morgan fingerprint density at radius 1 is 1.04 bits per heavy atom. The first-order valence-electron chi connectivity index (χ1n) is 7.05. The lowest BCUT2D eigenvalue weighted by molar-refractivity contribution is 0.0728. The van der Waals surface area contributed by atoms with Gasteiger partial charge in [0.05, 0.1) is 19.9 Å². The molecular weight excluding hydrogens is 294 g/mol. The fourth-order valence-electron chi connectivity index (χ4n) is 2.04. The highest BCUT2D eigenvalue weighted by Gasteiger charge is 2.13. The van der Waals surface area contributed by atoms with Crippen molar-refractivity contribution < 1.29 is 14.3 Å². The minimum absolute atomic E-state index is 0.164. The van der Waals surface area contributed by atoms with Crippen LogP contribution in [0.15, 0.2) is 60.8 Å². The van der Waals surface area contributed by atoms with Crippen molar-refractivity contribution in [1.29, 1.82) is 0 Å². The maximum atomic E-state index is 12.1. The van der Waals surface area contributed by atoms with Crippen LogP contribution in [0.25, 0.3) is 0 Å². The minimum Gasteiger partial charge on any atom is -0.497 e. The Morgan fingerprint density at radius 2 is 1.74 bits per heavy atom. The Balaban J connectivity index is 1.66. The Kier molecular flexibility index (Phi) is 4.33. The lowest BCUT2D eigenvalue weighted by atomic mass is 10.2. The van der Waals surface area contributed by atoms with E-state index in [0.717, 1.165) is 5.56 Å². The predicted octanol–water partition coefficient (Wildman–Crippen LogP) is 2.55. The fraction of sp³-hybridized carbons (Fsp3) is 0.118. The molecule has 0 unspecified atom stereocenters. The monoisotopic (exact) mass is 309 g/mol. The van der Waals surface area contributed by atoms with Crippen LogP contribution in [0.1, 0.15) is 16.1 Å². The number of carbonyl (C=O) groups excluding carboxylic acids is 1. The van der Waals surface area contributed by atoms with Gasteiger partial charge in [0.1, 0.15) is 11.5 Å². The van der Waals surface area contributed by atoms with Crippen molar-refractivity contribution >= 4 is 5.97 Å². The number of hydrogen-bond acceptors (Lipinski definition) is 5. The van der Waals surface area contributed by atoms with Crippen molar-refractivity contribution in [3.63, 3.8) is 0 Å². The molecule has 0 bridgehead atoms. The van der Waals surface area contributed by atoms with Gasteiger partial charge < -0.3 is 9.47 Å². The van der Waals surface area contributed by atoms with Crippen molar-refractivity contribution in [2.24, 2.45) is 0 Å². The maximum Gasteiger partial charge on any atom is 0.365 e. The number of benzene rings is 2. The van der Waals surface area contributed by atoms with Crippen LogP contribution in [0.2, 0.25) is 0 Å². The van der Waals surface area contributed by atoms with Gasteiger partial charge in [0.15, 0.2) is 5.69 Å². The standard InChI is InChI=1S/C17H15N3O3/c1-22-14-7-9-15(10-8-14)23-17(21)16-12-20(19-18-16)11-13-5-3-2-4-6-13/h2-10,12H,11H2,1H3. The molecule has 0 aliphatic heterocycles. The van der Waals surface area contributed by atoms with E-state index >= 15 is 0 Å². The second-order valence-corrected chi connectivity index (χ2v) is 4.85. The molecule has 0 N–H and O–H groups in total. The molecule has 2 aromatic carbocycles. The number of methoxy groups -OCH3 is 1. The number of carbonyl (C=O) groups is 1. The average Bonchev–Trinajstić information content (AvgIpc) is 3.05. The number of aromatic nitrogens is 3. The van der Waals surface area contributed by atoms with Gasteiger partial charge in [0.25, 0.3) is 0 Å². The highest BCUT2D eigenvalue weighted by atomic mass is 16.5. The number of hydrogen-bond donors (Lipinski definition) is 0. The third kappa shape index (κ3) is 3.74. The van der Waals surface area contributed by atoms with E-state index in [-0.39, 0.29) is 5.69 Å². The van der Waals surface area contributed by atoms with Crippen LogP contribution >= 0.6 is 0 Å². The van der Waals surface area contributed by atoms with E-state index in [1.165, 1.54) is 0 Å². The van der Waals surface area contributed by atoms with E-state index in [4.69, 9.17) is 9.47 Å². The van der Waals surface area contributed by atoms with E-state index in [9.17, 15) is 4.79 Å². The second-order valence-electron chi connectivity index (χ2n) is 4.85. The summed E-state index contributed by atoms with van der Waals surface area (Å²) in [5, 5.41) is 7.80. The summed E-state index contributed by atoms with van der Waals surface area (Å²) in [7, 11) is 1.58. The molecule has 0 radical (unpaired) electrons. The third-order valence-electron chi connectivity index (χ3n) is 3.21. The molecule has 1 heterocycles. The highest BCUT2D eigenvalue weighted by molar-refractivity contribution is 5.88. The molecule has 1 aromatic heterocycles. The Morgan fingerprint density at radius 3 is 2.43 bits per heavy atom. The average molecular weight is 309 g/mol. The molecule has 3 rings (SSSR count). The summed E-state index contributed by atoms with van der Waals surface area (Å²) in [4.78, 5) is 12.1. The van der Waals surface area contributed by atoms with Crippen molar-refractivity contribution in [1.82, 2.24) is 15.0 Å². The van der Waals surface area contributed by atoms with E-state index in [1.807, 2.05) is 30.3 Å². The molecule has 0 amide bonds. The summed E-state index contributed by atoms with van der Waals surface area (Å²) in [6, 6.07) is 16.6. The molecule has 23 heavy (non-hydrogen) atoms. The van der Waals surface area contributed by atoms with Gasteiger partial charge in [0.2, 0.25) is 0 Å². The predicted molar refractivity (Wildman–Crippen MR) is 83.5 cm³/mol. The largest absolute Gasteiger partial charge is 0.497 e. The summed E-state index contributed by atoms with van der Waals surface area (Å²) in [5.74, 6) is 0.571. The second kappa shape index (κ2) is 6.74. The summed E-state index contributed by atoms with van der Waals surface area (Å²) >= 11 is 0. The van der Waals surface area contributed by atoms with Crippen molar-refractivity contribution in [3.05, 3.63) is 72.1 Å². The molecule has 0 aliphatic rings. The van der Waals surface area contributed by atoms with Crippen LogP contribution in [-0.2, 0) is 6.54 Å². The van der Waals surface area contributed by atoms with Gasteiger partial charge in [-0.1, -0.05) is 35.5 Å². The maximum absolute atomic E-state index is 12.1. The van der Waals surface area contributed by atoms with Gasteiger partial charge in [-0.3, -0.25) is 0 Å². The molecule has 0 saturated heterocycles. The van der Waals surface area contributed by atoms with Crippen LogP contribution in [0.5, 0.6) is 11.5 Å². The third-order valence-corrected chi connectivity index (χ3v) is 3.21. The zero-order chi connectivity index (χ0) is 16.1. The molecule has 6 nitrogen and oxygen atoms in total. The van der Waals surface area contributed by atoms with Crippen LogP contribution in [-0.4, -0.2) is 28.1 Å². The summed E-state index contributed by atoms with van der Waals surface area (Å²) < 4.78 is 11.9. The minimum atomic E-state index is -0.547. The SMILES string of the molecule is COc1ccc(OC(=O)c2cn(Cc3ccccc3)nn2)cc1. The zero-order valence-electron chi connectivity index (χ0n) is 12.5. The topological polar surface area (TPSA) is 66.2 Å². The van der Waals surface area contributed by atoms with Crippen LogP contribution in [0, 0.1) is 0 Å². The molecule has 0 aliphatic carbocycles. The van der Waals surface area contributed by atoms with Crippen molar-refractivity contribution in [2.75, 3.05) is 7.11 Å². The first kappa shape index (κ1) is 14.8. The van der Waals surface area contributed by atoms with Gasteiger partial charge >= 0.3 is 5.97 Å². The van der Waals surface area contributed by atoms with Crippen LogP contribution in [0.4, 0.5) is 0 Å². The van der Waals surface area contributed by atoms with E-state index in [2.05, 4.69) is 10.3 Å². The van der Waals surface area contributed by atoms with E-state index in [0.29, 0.717) is 18.0 Å². The van der Waals surface area contributed by atoms with Crippen LogP contribution < -0.4 is 9.47 Å². The van der Waals surface area contributed by atoms with Crippen LogP contribution in [0.3, 0.4) is 0 Å². The number of ether oxygens (including phenoxy) is 2. The quantitative estimate of drug-likeness (QED) is 0.535. The number of esters is 1. The van der Waals surface area contributed by atoms with Gasteiger partial charge in [-0.2, -0.15) is 0 Å². The Hall–Kier alpha value is -3.15. The lowest BCUT2D eigenvalue weighted by Gasteiger charge is -2.03. The first-order chi connectivity index (χ1) is 11.2. The van der Waals surface area contributed by atoms with Gasteiger partial charge in [-0.05, 0) is 29.8 Å². The lowest BCUT2D eigenvalue weighted by Crippen LogP contribution is -2.09. The van der Waals surface area contributed by atoms with Crippen molar-refractivity contribution in [2.45, 2.75) is 6.54 Å². The molecule has 0 fully saturated rings. The molecule has 6 heteroatoms. The summed E-state index contributed by atoms with van der Waals surface area (Å²) in [6.45, 7) is 0.545. The molecule has 3 aromatic rings. The molecule has 0 saturated carbocycles. The van der Waals surface area contributed by atoms with Gasteiger partial charge in [-0.25, -0.2) is 9.48 Å². The normalized spacial score (nSPS) is 10.3. The fourth-order valence-corrected chi connectivity index (χ4v) is 2.04. The number of rotatable bonds is 5. The molecule has 0 atom stereocenters. The Bertz CT molecular complexity index is 782. The summed E-state index contributed by atoms with van der Waals surface area (Å²) in [5.41, 5.74) is 1.24. The van der Waals surface area contributed by atoms with E-state index in [1.54, 1.807) is 42.3 Å². The van der Waals surface area contributed by atoms with Gasteiger partial charge in [-0.15, -0.1) is 5.10 Å². The molecule has 116 valence electrons.